The Morgan fingerprint density at radius 1 is 1.00 bits per heavy atom. The molecule has 0 aromatic heterocycles. The van der Waals surface area contributed by atoms with E-state index >= 15 is 0 Å². The average molecular weight is 312 g/mol. The number of unbranched alkanes of at least 4 members (excludes halogenated alkanes) is 4. The number of carboxylic acid groups (broad SMARTS) is 2. The molecule has 128 valence electrons. The Morgan fingerprint density at radius 2 is 1.59 bits per heavy atom. The topological polar surface area (TPSA) is 74.6 Å². The molecule has 1 atom stereocenters. The number of carboxylic acids is 2. The van der Waals surface area contributed by atoms with Gasteiger partial charge in [-0.15, -0.1) is 0 Å². The van der Waals surface area contributed by atoms with Crippen molar-refractivity contribution in [2.75, 3.05) is 0 Å². The van der Waals surface area contributed by atoms with Crippen LogP contribution in [0.1, 0.15) is 84.5 Å². The van der Waals surface area contributed by atoms with E-state index in [0.29, 0.717) is 6.42 Å². The minimum atomic E-state index is -1.53. The zero-order chi connectivity index (χ0) is 16.6. The second-order valence-electron chi connectivity index (χ2n) is 7.26. The highest BCUT2D eigenvalue weighted by atomic mass is 16.4. The number of carbonyl (C=O) groups is 2. The molecule has 0 aromatic rings. The highest BCUT2D eigenvalue weighted by Crippen LogP contribution is 2.44. The van der Waals surface area contributed by atoms with Gasteiger partial charge < -0.3 is 10.2 Å². The summed E-state index contributed by atoms with van der Waals surface area (Å²) in [5.74, 6) is -1.72. The number of aliphatic carboxylic acids is 2. The summed E-state index contributed by atoms with van der Waals surface area (Å²) in [5.41, 5.74) is -1.53. The summed E-state index contributed by atoms with van der Waals surface area (Å²) < 4.78 is 0. The van der Waals surface area contributed by atoms with Gasteiger partial charge in [-0.2, -0.15) is 0 Å². The number of rotatable bonds is 10. The molecule has 1 saturated carbocycles. The molecule has 4 nitrogen and oxygen atoms in total. The van der Waals surface area contributed by atoms with Crippen LogP contribution < -0.4 is 0 Å². The predicted octanol–water partition coefficient (Wildman–Crippen LogP) is 4.72. The first-order valence-electron chi connectivity index (χ1n) is 8.88. The molecule has 2 N–H and O–H groups in total. The van der Waals surface area contributed by atoms with Crippen molar-refractivity contribution < 1.29 is 19.8 Å². The molecule has 0 radical (unpaired) electrons. The Morgan fingerprint density at radius 3 is 2.18 bits per heavy atom. The fourth-order valence-corrected chi connectivity index (χ4v) is 3.76. The quantitative estimate of drug-likeness (QED) is 0.452. The second-order valence-corrected chi connectivity index (χ2v) is 7.26. The van der Waals surface area contributed by atoms with Gasteiger partial charge in [-0.05, 0) is 31.1 Å². The standard InChI is InChI=1S/C18H32O4/c1-14(2)10-6-4-3-5-7-11-15-12-8-9-13-18(15,16(19)20)17(21)22/h14-15H,3-13H2,1-2H3,(H,19,20)(H,21,22). The van der Waals surface area contributed by atoms with Crippen LogP contribution in [-0.2, 0) is 9.59 Å². The Labute approximate surface area is 134 Å². The van der Waals surface area contributed by atoms with E-state index in [4.69, 9.17) is 0 Å². The van der Waals surface area contributed by atoms with Crippen molar-refractivity contribution >= 4 is 11.9 Å². The first-order chi connectivity index (χ1) is 10.4. The van der Waals surface area contributed by atoms with E-state index in [2.05, 4.69) is 13.8 Å². The molecule has 22 heavy (non-hydrogen) atoms. The molecule has 1 aliphatic carbocycles. The van der Waals surface area contributed by atoms with Crippen LogP contribution in [0.2, 0.25) is 0 Å². The summed E-state index contributed by atoms with van der Waals surface area (Å²) in [4.78, 5) is 23.2. The van der Waals surface area contributed by atoms with E-state index in [1.807, 2.05) is 0 Å². The van der Waals surface area contributed by atoms with Gasteiger partial charge in [0.15, 0.2) is 5.41 Å². The maximum atomic E-state index is 11.6. The van der Waals surface area contributed by atoms with Crippen LogP contribution in [0.25, 0.3) is 0 Å². The summed E-state index contributed by atoms with van der Waals surface area (Å²) in [6.07, 6.45) is 10.4. The summed E-state index contributed by atoms with van der Waals surface area (Å²) in [5, 5.41) is 18.9. The van der Waals surface area contributed by atoms with E-state index in [0.717, 1.165) is 38.0 Å². The van der Waals surface area contributed by atoms with E-state index in [1.165, 1.54) is 25.7 Å². The van der Waals surface area contributed by atoms with E-state index < -0.39 is 17.4 Å². The molecule has 1 fully saturated rings. The Kier molecular flexibility index (Phi) is 7.91. The summed E-state index contributed by atoms with van der Waals surface area (Å²) >= 11 is 0. The van der Waals surface area contributed by atoms with Crippen LogP contribution in [0.15, 0.2) is 0 Å². The van der Waals surface area contributed by atoms with Crippen molar-refractivity contribution in [2.24, 2.45) is 17.3 Å². The lowest BCUT2D eigenvalue weighted by atomic mass is 9.64. The van der Waals surface area contributed by atoms with Crippen LogP contribution in [0.5, 0.6) is 0 Å². The third kappa shape index (κ3) is 4.99. The molecule has 0 saturated heterocycles. The molecule has 4 heteroatoms. The lowest BCUT2D eigenvalue weighted by molar-refractivity contribution is -0.172. The van der Waals surface area contributed by atoms with Crippen molar-refractivity contribution in [2.45, 2.75) is 84.5 Å². The first-order valence-corrected chi connectivity index (χ1v) is 8.88. The Balaban J connectivity index is 2.39. The third-order valence-electron chi connectivity index (χ3n) is 5.17. The van der Waals surface area contributed by atoms with Gasteiger partial charge in [-0.1, -0.05) is 65.2 Å². The predicted molar refractivity (Wildman–Crippen MR) is 86.8 cm³/mol. The van der Waals surface area contributed by atoms with Gasteiger partial charge in [-0.3, -0.25) is 9.59 Å². The molecule has 1 aliphatic rings. The minimum absolute atomic E-state index is 0.202. The number of hydrogen-bond donors (Lipinski definition) is 2. The highest BCUT2D eigenvalue weighted by molar-refractivity contribution is 5.98. The average Bonchev–Trinajstić information content (AvgIpc) is 2.45. The van der Waals surface area contributed by atoms with Gasteiger partial charge in [-0.25, -0.2) is 0 Å². The molecule has 0 heterocycles. The third-order valence-corrected chi connectivity index (χ3v) is 5.17. The normalized spacial score (nSPS) is 21.0. The first kappa shape index (κ1) is 19.0. The SMILES string of the molecule is CC(C)CCCCCCCC1CCCCC1(C(=O)O)C(=O)O. The highest BCUT2D eigenvalue weighted by Gasteiger charge is 2.53. The van der Waals surface area contributed by atoms with Gasteiger partial charge in [0.2, 0.25) is 0 Å². The molecular formula is C18H32O4. The van der Waals surface area contributed by atoms with Crippen molar-refractivity contribution in [3.05, 3.63) is 0 Å². The zero-order valence-electron chi connectivity index (χ0n) is 14.1. The Bertz CT molecular complexity index is 348. The van der Waals surface area contributed by atoms with Crippen LogP contribution >= 0.6 is 0 Å². The lowest BCUT2D eigenvalue weighted by Gasteiger charge is -2.37. The van der Waals surface area contributed by atoms with E-state index in [1.54, 1.807) is 0 Å². The largest absolute Gasteiger partial charge is 0.480 e. The maximum Gasteiger partial charge on any atom is 0.321 e. The van der Waals surface area contributed by atoms with Crippen molar-refractivity contribution in [1.29, 1.82) is 0 Å². The van der Waals surface area contributed by atoms with Crippen molar-refractivity contribution in [3.63, 3.8) is 0 Å². The minimum Gasteiger partial charge on any atom is -0.480 e. The van der Waals surface area contributed by atoms with Gasteiger partial charge in [0.1, 0.15) is 0 Å². The summed E-state index contributed by atoms with van der Waals surface area (Å²) in [7, 11) is 0. The number of hydrogen-bond acceptors (Lipinski definition) is 2. The molecule has 0 spiro atoms. The van der Waals surface area contributed by atoms with Crippen LogP contribution in [0.4, 0.5) is 0 Å². The maximum absolute atomic E-state index is 11.6. The molecule has 0 aliphatic heterocycles. The van der Waals surface area contributed by atoms with Gasteiger partial charge in [0.05, 0.1) is 0 Å². The van der Waals surface area contributed by atoms with E-state index in [9.17, 15) is 19.8 Å². The fourth-order valence-electron chi connectivity index (χ4n) is 3.76. The second kappa shape index (κ2) is 9.16. The van der Waals surface area contributed by atoms with Crippen LogP contribution in [0, 0.1) is 17.3 Å². The van der Waals surface area contributed by atoms with E-state index in [-0.39, 0.29) is 12.3 Å². The van der Waals surface area contributed by atoms with Crippen LogP contribution in [-0.4, -0.2) is 22.2 Å². The Hall–Kier alpha value is -1.06. The lowest BCUT2D eigenvalue weighted by Crippen LogP contribution is -2.47. The van der Waals surface area contributed by atoms with Gasteiger partial charge in [0.25, 0.3) is 0 Å². The van der Waals surface area contributed by atoms with Gasteiger partial charge >= 0.3 is 11.9 Å². The molecule has 1 rings (SSSR count). The fraction of sp³-hybridized carbons (Fsp3) is 0.889. The smallest absolute Gasteiger partial charge is 0.321 e. The molecular weight excluding hydrogens is 280 g/mol. The molecule has 1 unspecified atom stereocenters. The van der Waals surface area contributed by atoms with Crippen molar-refractivity contribution in [3.8, 4) is 0 Å². The molecule has 0 amide bonds. The monoisotopic (exact) mass is 312 g/mol. The zero-order valence-corrected chi connectivity index (χ0v) is 14.1. The van der Waals surface area contributed by atoms with Crippen molar-refractivity contribution in [1.82, 2.24) is 0 Å². The molecule has 0 bridgehead atoms. The van der Waals surface area contributed by atoms with Gasteiger partial charge in [0, 0.05) is 0 Å². The summed E-state index contributed by atoms with van der Waals surface area (Å²) in [6, 6.07) is 0. The van der Waals surface area contributed by atoms with Crippen LogP contribution in [0.3, 0.4) is 0 Å². The molecule has 0 aromatic carbocycles. The summed E-state index contributed by atoms with van der Waals surface area (Å²) in [6.45, 7) is 4.47.